The molecule has 1 saturated carbocycles. The molecule has 1 atom stereocenters. The molecule has 1 N–H and O–H groups in total. The van der Waals surface area contributed by atoms with Gasteiger partial charge in [0.2, 0.25) is 0 Å². The van der Waals surface area contributed by atoms with Crippen LogP contribution in [0.1, 0.15) is 58.1 Å². The van der Waals surface area contributed by atoms with E-state index in [4.69, 9.17) is 0 Å². The monoisotopic (exact) mass is 288 g/mol. The van der Waals surface area contributed by atoms with E-state index in [0.29, 0.717) is 6.04 Å². The second-order valence-corrected chi connectivity index (χ2v) is 6.81. The summed E-state index contributed by atoms with van der Waals surface area (Å²) >= 11 is 0. The Balaban J connectivity index is 2.07. The zero-order valence-electron chi connectivity index (χ0n) is 14.0. The second-order valence-electron chi connectivity index (χ2n) is 6.81. The van der Waals surface area contributed by atoms with E-state index in [1.807, 2.05) is 0 Å². The fraction of sp³-hybridized carbons (Fsp3) is 0.684. The largest absolute Gasteiger partial charge is 0.309 e. The number of nitrogens with zero attached hydrogens (tertiary/aromatic N) is 1. The van der Waals surface area contributed by atoms with Crippen LogP contribution < -0.4 is 5.32 Å². The van der Waals surface area contributed by atoms with Gasteiger partial charge in [-0.1, -0.05) is 63.9 Å². The first kappa shape index (κ1) is 16.5. The van der Waals surface area contributed by atoms with Crippen molar-refractivity contribution in [2.45, 2.75) is 58.5 Å². The van der Waals surface area contributed by atoms with Gasteiger partial charge in [0.25, 0.3) is 0 Å². The first-order chi connectivity index (χ1) is 10.2. The predicted octanol–water partition coefficient (Wildman–Crippen LogP) is 4.24. The maximum Gasteiger partial charge on any atom is 0.0449 e. The van der Waals surface area contributed by atoms with Crippen molar-refractivity contribution in [3.8, 4) is 0 Å². The molecule has 2 nitrogen and oxygen atoms in total. The van der Waals surface area contributed by atoms with Crippen molar-refractivity contribution in [2.24, 2.45) is 5.92 Å². The van der Waals surface area contributed by atoms with Crippen LogP contribution in [0.15, 0.2) is 30.3 Å². The number of hydrogen-bond donors (Lipinski definition) is 1. The van der Waals surface area contributed by atoms with Gasteiger partial charge < -0.3 is 5.32 Å². The summed E-state index contributed by atoms with van der Waals surface area (Å²) < 4.78 is 0. The lowest BCUT2D eigenvalue weighted by Gasteiger charge is -2.34. The van der Waals surface area contributed by atoms with Gasteiger partial charge in [-0.15, -0.1) is 0 Å². The van der Waals surface area contributed by atoms with E-state index in [1.54, 1.807) is 0 Å². The summed E-state index contributed by atoms with van der Waals surface area (Å²) in [7, 11) is 0. The van der Waals surface area contributed by atoms with Crippen LogP contribution in [0.3, 0.4) is 0 Å². The van der Waals surface area contributed by atoms with E-state index in [-0.39, 0.29) is 0 Å². The van der Waals surface area contributed by atoms with Crippen LogP contribution >= 0.6 is 0 Å². The highest BCUT2D eigenvalue weighted by Gasteiger charge is 2.25. The standard InChI is InChI=1S/C19H32N2/c1-4-20-19(17-10-6-5-7-11-17)15-21(14-16(2)3)18-12-8-9-13-18/h5-7,10-11,16,18-20H,4,8-9,12-15H2,1-3H3. The van der Waals surface area contributed by atoms with Crippen LogP contribution in [-0.4, -0.2) is 30.6 Å². The molecular formula is C19H32N2. The van der Waals surface area contributed by atoms with Crippen molar-refractivity contribution in [1.82, 2.24) is 10.2 Å². The molecule has 118 valence electrons. The average molecular weight is 288 g/mol. The third-order valence-electron chi connectivity index (χ3n) is 4.51. The quantitative estimate of drug-likeness (QED) is 0.770. The summed E-state index contributed by atoms with van der Waals surface area (Å²) in [6, 6.07) is 12.2. The molecule has 2 heteroatoms. The minimum Gasteiger partial charge on any atom is -0.309 e. The van der Waals surface area contributed by atoms with E-state index < -0.39 is 0 Å². The smallest absolute Gasteiger partial charge is 0.0449 e. The summed E-state index contributed by atoms with van der Waals surface area (Å²) in [5, 5.41) is 3.68. The number of benzene rings is 1. The van der Waals surface area contributed by atoms with Crippen LogP contribution in [0, 0.1) is 5.92 Å². The molecule has 1 unspecified atom stereocenters. The van der Waals surface area contributed by atoms with Crippen molar-refractivity contribution < 1.29 is 0 Å². The van der Waals surface area contributed by atoms with Crippen molar-refractivity contribution in [3.05, 3.63) is 35.9 Å². The molecule has 21 heavy (non-hydrogen) atoms. The second kappa shape index (κ2) is 8.55. The summed E-state index contributed by atoms with van der Waals surface area (Å²) in [4.78, 5) is 2.75. The van der Waals surface area contributed by atoms with Crippen LogP contribution in [0.4, 0.5) is 0 Å². The van der Waals surface area contributed by atoms with Crippen molar-refractivity contribution in [3.63, 3.8) is 0 Å². The van der Waals surface area contributed by atoms with Crippen molar-refractivity contribution in [2.75, 3.05) is 19.6 Å². The fourth-order valence-electron chi connectivity index (χ4n) is 3.57. The maximum absolute atomic E-state index is 3.68. The van der Waals surface area contributed by atoms with Crippen LogP contribution in [0.25, 0.3) is 0 Å². The van der Waals surface area contributed by atoms with Crippen LogP contribution in [0.2, 0.25) is 0 Å². The molecule has 0 saturated heterocycles. The molecule has 0 aliphatic heterocycles. The molecular weight excluding hydrogens is 256 g/mol. The molecule has 0 aromatic heterocycles. The first-order valence-electron chi connectivity index (χ1n) is 8.73. The number of nitrogens with one attached hydrogen (secondary N) is 1. The lowest BCUT2D eigenvalue weighted by atomic mass is 10.0. The van der Waals surface area contributed by atoms with Gasteiger partial charge in [0.15, 0.2) is 0 Å². The highest BCUT2D eigenvalue weighted by Crippen LogP contribution is 2.26. The average Bonchev–Trinajstić information content (AvgIpc) is 3.00. The van der Waals surface area contributed by atoms with Gasteiger partial charge in [-0.05, 0) is 30.9 Å². The molecule has 0 heterocycles. The van der Waals surface area contributed by atoms with Gasteiger partial charge in [-0.3, -0.25) is 4.90 Å². The summed E-state index contributed by atoms with van der Waals surface area (Å²) in [6.07, 6.45) is 5.60. The Morgan fingerprint density at radius 1 is 1.10 bits per heavy atom. The molecule has 1 aliphatic rings. The Morgan fingerprint density at radius 2 is 1.76 bits per heavy atom. The zero-order valence-corrected chi connectivity index (χ0v) is 14.0. The predicted molar refractivity (Wildman–Crippen MR) is 91.5 cm³/mol. The summed E-state index contributed by atoms with van der Waals surface area (Å²) in [6.45, 7) is 10.3. The van der Waals surface area contributed by atoms with Gasteiger partial charge in [0.1, 0.15) is 0 Å². The minimum atomic E-state index is 0.454. The first-order valence-corrected chi connectivity index (χ1v) is 8.73. The van der Waals surface area contributed by atoms with Gasteiger partial charge >= 0.3 is 0 Å². The molecule has 1 aromatic rings. The third kappa shape index (κ3) is 5.12. The Kier molecular flexibility index (Phi) is 6.72. The molecule has 1 aromatic carbocycles. The van der Waals surface area contributed by atoms with Crippen molar-refractivity contribution in [1.29, 1.82) is 0 Å². The van der Waals surface area contributed by atoms with Crippen molar-refractivity contribution >= 4 is 0 Å². The maximum atomic E-state index is 3.68. The third-order valence-corrected chi connectivity index (χ3v) is 4.51. The highest BCUT2D eigenvalue weighted by atomic mass is 15.2. The Hall–Kier alpha value is -0.860. The lowest BCUT2D eigenvalue weighted by Crippen LogP contribution is -2.42. The molecule has 2 rings (SSSR count). The van der Waals surface area contributed by atoms with E-state index in [9.17, 15) is 0 Å². The Labute approximate surface area is 130 Å². The van der Waals surface area contributed by atoms with E-state index >= 15 is 0 Å². The Bertz CT molecular complexity index is 382. The van der Waals surface area contributed by atoms with Gasteiger partial charge in [-0.2, -0.15) is 0 Å². The zero-order chi connectivity index (χ0) is 15.1. The lowest BCUT2D eigenvalue weighted by molar-refractivity contribution is 0.159. The van der Waals surface area contributed by atoms with E-state index in [2.05, 4.69) is 61.3 Å². The normalized spacial score (nSPS) is 17.8. The number of likely N-dealkylation sites (N-methyl/N-ethyl adjacent to an activating group) is 1. The molecule has 0 spiro atoms. The number of rotatable bonds is 8. The molecule has 0 radical (unpaired) electrons. The summed E-state index contributed by atoms with van der Waals surface area (Å²) in [5.41, 5.74) is 1.42. The van der Waals surface area contributed by atoms with E-state index in [1.165, 1.54) is 37.8 Å². The van der Waals surface area contributed by atoms with Crippen LogP contribution in [-0.2, 0) is 0 Å². The molecule has 0 amide bonds. The minimum absolute atomic E-state index is 0.454. The fourth-order valence-corrected chi connectivity index (χ4v) is 3.57. The van der Waals surface area contributed by atoms with Gasteiger partial charge in [0.05, 0.1) is 0 Å². The van der Waals surface area contributed by atoms with Gasteiger partial charge in [-0.25, -0.2) is 0 Å². The molecule has 1 aliphatic carbocycles. The number of hydrogen-bond acceptors (Lipinski definition) is 2. The Morgan fingerprint density at radius 3 is 2.33 bits per heavy atom. The topological polar surface area (TPSA) is 15.3 Å². The van der Waals surface area contributed by atoms with Gasteiger partial charge in [0, 0.05) is 25.2 Å². The van der Waals surface area contributed by atoms with Crippen LogP contribution in [0.5, 0.6) is 0 Å². The molecule has 0 bridgehead atoms. The highest BCUT2D eigenvalue weighted by molar-refractivity contribution is 5.19. The summed E-state index contributed by atoms with van der Waals surface area (Å²) in [5.74, 6) is 0.739. The van der Waals surface area contributed by atoms with E-state index in [0.717, 1.165) is 25.0 Å². The molecule has 1 fully saturated rings. The SMILES string of the molecule is CCNC(CN(CC(C)C)C1CCCC1)c1ccccc1.